The van der Waals surface area contributed by atoms with Crippen LogP contribution in [0.3, 0.4) is 0 Å². The van der Waals surface area contributed by atoms with Gasteiger partial charge in [0.05, 0.1) is 5.75 Å². The number of carbonyl (C=O) groups is 1. The lowest BCUT2D eigenvalue weighted by Gasteiger charge is -2.12. The molecular formula is C13H17NO4S. The molecule has 5 nitrogen and oxygen atoms in total. The third-order valence-electron chi connectivity index (χ3n) is 2.52. The minimum atomic E-state index is -3.62. The van der Waals surface area contributed by atoms with Crippen molar-refractivity contribution in [2.24, 2.45) is 0 Å². The highest BCUT2D eigenvalue weighted by Crippen LogP contribution is 2.03. The van der Waals surface area contributed by atoms with Gasteiger partial charge in [-0.25, -0.2) is 13.1 Å². The molecule has 0 radical (unpaired) electrons. The summed E-state index contributed by atoms with van der Waals surface area (Å²) in [6, 6.07) is 8.00. The van der Waals surface area contributed by atoms with Crippen molar-refractivity contribution in [2.75, 3.05) is 5.75 Å². The maximum atomic E-state index is 11.8. The van der Waals surface area contributed by atoms with Gasteiger partial charge >= 0.3 is 5.97 Å². The first-order chi connectivity index (χ1) is 8.94. The van der Waals surface area contributed by atoms with Crippen LogP contribution in [0.1, 0.15) is 12.0 Å². The average molecular weight is 283 g/mol. The summed E-state index contributed by atoms with van der Waals surface area (Å²) < 4.78 is 25.7. The molecule has 0 heterocycles. The SMILES string of the molecule is C=CCC(NS(=O)(=O)CCc1ccccc1)C(=O)O. The maximum absolute atomic E-state index is 11.8. The van der Waals surface area contributed by atoms with Crippen molar-refractivity contribution in [1.82, 2.24) is 4.72 Å². The Morgan fingerprint density at radius 3 is 2.53 bits per heavy atom. The lowest BCUT2D eigenvalue weighted by atomic mass is 10.2. The van der Waals surface area contributed by atoms with Crippen molar-refractivity contribution in [2.45, 2.75) is 18.9 Å². The molecule has 0 bridgehead atoms. The lowest BCUT2D eigenvalue weighted by molar-refractivity contribution is -0.138. The number of carboxylic acids is 1. The number of sulfonamides is 1. The van der Waals surface area contributed by atoms with Crippen LogP contribution in [-0.4, -0.2) is 31.3 Å². The number of hydrogen-bond acceptors (Lipinski definition) is 3. The smallest absolute Gasteiger partial charge is 0.322 e. The second-order valence-corrected chi connectivity index (χ2v) is 5.96. The number of nitrogens with one attached hydrogen (secondary N) is 1. The average Bonchev–Trinajstić information content (AvgIpc) is 2.37. The van der Waals surface area contributed by atoms with E-state index in [9.17, 15) is 13.2 Å². The third kappa shape index (κ3) is 5.67. The quantitative estimate of drug-likeness (QED) is 0.702. The number of rotatable bonds is 8. The van der Waals surface area contributed by atoms with Crippen LogP contribution in [0.5, 0.6) is 0 Å². The Balaban J connectivity index is 2.60. The number of carboxylic acid groups (broad SMARTS) is 1. The molecule has 0 aliphatic rings. The highest BCUT2D eigenvalue weighted by Gasteiger charge is 2.22. The summed E-state index contributed by atoms with van der Waals surface area (Å²) in [7, 11) is -3.62. The molecule has 0 saturated carbocycles. The van der Waals surface area contributed by atoms with Gasteiger partial charge in [-0.2, -0.15) is 0 Å². The summed E-state index contributed by atoms with van der Waals surface area (Å²) in [6.07, 6.45) is 1.77. The molecule has 0 aromatic heterocycles. The number of benzene rings is 1. The summed E-state index contributed by atoms with van der Waals surface area (Å²) in [6.45, 7) is 3.41. The fraction of sp³-hybridized carbons (Fsp3) is 0.308. The van der Waals surface area contributed by atoms with Crippen LogP contribution in [0.25, 0.3) is 0 Å². The lowest BCUT2D eigenvalue weighted by Crippen LogP contribution is -2.41. The molecule has 1 aromatic rings. The summed E-state index contributed by atoms with van der Waals surface area (Å²) in [5, 5.41) is 8.88. The van der Waals surface area contributed by atoms with E-state index in [1.165, 1.54) is 6.08 Å². The van der Waals surface area contributed by atoms with E-state index in [1.54, 1.807) is 0 Å². The second kappa shape index (κ2) is 7.06. The first-order valence-corrected chi connectivity index (χ1v) is 7.47. The van der Waals surface area contributed by atoms with Crippen LogP contribution >= 0.6 is 0 Å². The molecule has 19 heavy (non-hydrogen) atoms. The van der Waals surface area contributed by atoms with E-state index in [-0.39, 0.29) is 12.2 Å². The van der Waals surface area contributed by atoms with Gasteiger partial charge in [0.25, 0.3) is 0 Å². The summed E-state index contributed by atoms with van der Waals surface area (Å²) >= 11 is 0. The van der Waals surface area contributed by atoms with E-state index in [2.05, 4.69) is 11.3 Å². The van der Waals surface area contributed by atoms with Gasteiger partial charge in [0.1, 0.15) is 6.04 Å². The van der Waals surface area contributed by atoms with Gasteiger partial charge in [-0.15, -0.1) is 6.58 Å². The van der Waals surface area contributed by atoms with Crippen molar-refractivity contribution in [1.29, 1.82) is 0 Å². The number of aryl methyl sites for hydroxylation is 1. The van der Waals surface area contributed by atoms with Crippen molar-refractivity contribution >= 4 is 16.0 Å². The van der Waals surface area contributed by atoms with Gasteiger partial charge in [-0.1, -0.05) is 36.4 Å². The molecule has 0 amide bonds. The van der Waals surface area contributed by atoms with Crippen LogP contribution in [0.4, 0.5) is 0 Å². The molecule has 104 valence electrons. The zero-order chi connectivity index (χ0) is 14.3. The Kier molecular flexibility index (Phi) is 5.72. The van der Waals surface area contributed by atoms with Gasteiger partial charge in [0, 0.05) is 0 Å². The molecule has 0 aliphatic heterocycles. The third-order valence-corrected chi connectivity index (χ3v) is 3.91. The predicted octanol–water partition coefficient (Wildman–Crippen LogP) is 1.18. The first kappa shape index (κ1) is 15.4. The molecule has 0 spiro atoms. The highest BCUT2D eigenvalue weighted by molar-refractivity contribution is 7.89. The van der Waals surface area contributed by atoms with Crippen LogP contribution in [0.15, 0.2) is 43.0 Å². The monoisotopic (exact) mass is 283 g/mol. The summed E-state index contributed by atoms with van der Waals surface area (Å²) in [4.78, 5) is 10.9. The standard InChI is InChI=1S/C13H17NO4S/c1-2-6-12(13(15)16)14-19(17,18)10-9-11-7-4-3-5-8-11/h2-5,7-8,12,14H,1,6,9-10H2,(H,15,16). The van der Waals surface area contributed by atoms with Gasteiger partial charge in [-0.05, 0) is 18.4 Å². The van der Waals surface area contributed by atoms with Crippen LogP contribution in [-0.2, 0) is 21.2 Å². The molecule has 0 saturated heterocycles. The molecule has 1 rings (SSSR count). The molecule has 1 aromatic carbocycles. The predicted molar refractivity (Wildman–Crippen MR) is 73.3 cm³/mol. The minimum Gasteiger partial charge on any atom is -0.480 e. The fourth-order valence-corrected chi connectivity index (χ4v) is 2.79. The highest BCUT2D eigenvalue weighted by atomic mass is 32.2. The Labute approximate surface area is 113 Å². The van der Waals surface area contributed by atoms with E-state index in [1.807, 2.05) is 30.3 Å². The topological polar surface area (TPSA) is 83.5 Å². The fourth-order valence-electron chi connectivity index (χ4n) is 1.54. The van der Waals surface area contributed by atoms with Crippen molar-refractivity contribution in [3.05, 3.63) is 48.6 Å². The van der Waals surface area contributed by atoms with E-state index < -0.39 is 22.0 Å². The van der Waals surface area contributed by atoms with E-state index in [4.69, 9.17) is 5.11 Å². The number of hydrogen-bond donors (Lipinski definition) is 2. The number of aliphatic carboxylic acids is 1. The van der Waals surface area contributed by atoms with E-state index in [0.717, 1.165) is 5.56 Å². The zero-order valence-corrected chi connectivity index (χ0v) is 11.3. The van der Waals surface area contributed by atoms with Gasteiger partial charge < -0.3 is 5.11 Å². The Morgan fingerprint density at radius 2 is 2.00 bits per heavy atom. The van der Waals surface area contributed by atoms with Crippen LogP contribution < -0.4 is 4.72 Å². The van der Waals surface area contributed by atoms with Gasteiger partial charge in [0.2, 0.25) is 10.0 Å². The van der Waals surface area contributed by atoms with Crippen molar-refractivity contribution in [3.8, 4) is 0 Å². The molecule has 0 aliphatic carbocycles. The van der Waals surface area contributed by atoms with Crippen molar-refractivity contribution in [3.63, 3.8) is 0 Å². The minimum absolute atomic E-state index is 0.0555. The normalized spacial score (nSPS) is 12.8. The van der Waals surface area contributed by atoms with E-state index >= 15 is 0 Å². The zero-order valence-electron chi connectivity index (χ0n) is 10.5. The van der Waals surface area contributed by atoms with Gasteiger partial charge in [0.15, 0.2) is 0 Å². The maximum Gasteiger partial charge on any atom is 0.322 e. The van der Waals surface area contributed by atoms with Gasteiger partial charge in [-0.3, -0.25) is 4.79 Å². The Bertz CT molecular complexity index is 525. The Morgan fingerprint density at radius 1 is 1.37 bits per heavy atom. The molecule has 2 N–H and O–H groups in total. The van der Waals surface area contributed by atoms with Crippen LogP contribution in [0.2, 0.25) is 0 Å². The van der Waals surface area contributed by atoms with E-state index in [0.29, 0.717) is 6.42 Å². The second-order valence-electron chi connectivity index (χ2n) is 4.09. The van der Waals surface area contributed by atoms with Crippen LogP contribution in [0, 0.1) is 0 Å². The first-order valence-electron chi connectivity index (χ1n) is 5.82. The molecule has 1 unspecified atom stereocenters. The molecule has 6 heteroatoms. The summed E-state index contributed by atoms with van der Waals surface area (Å²) in [5.74, 6) is -1.35. The summed E-state index contributed by atoms with van der Waals surface area (Å²) in [5.41, 5.74) is 0.892. The largest absolute Gasteiger partial charge is 0.480 e. The molecular weight excluding hydrogens is 266 g/mol. The Hall–Kier alpha value is -1.66. The molecule has 1 atom stereocenters. The molecule has 0 fully saturated rings. The van der Waals surface area contributed by atoms with Crippen molar-refractivity contribution < 1.29 is 18.3 Å².